The van der Waals surface area contributed by atoms with Crippen LogP contribution >= 0.6 is 0 Å². The van der Waals surface area contributed by atoms with E-state index in [4.69, 9.17) is 4.42 Å². The third-order valence-corrected chi connectivity index (χ3v) is 3.74. The van der Waals surface area contributed by atoms with Crippen LogP contribution in [0, 0.1) is 0 Å². The lowest BCUT2D eigenvalue weighted by Gasteiger charge is -2.16. The van der Waals surface area contributed by atoms with E-state index in [2.05, 4.69) is 28.1 Å². The summed E-state index contributed by atoms with van der Waals surface area (Å²) in [6.45, 7) is 3.54. The summed E-state index contributed by atoms with van der Waals surface area (Å²) in [6.07, 6.45) is 2.70. The van der Waals surface area contributed by atoms with E-state index >= 15 is 0 Å². The third kappa shape index (κ3) is 3.09. The Hall–Kier alpha value is -2.40. The predicted octanol–water partition coefficient (Wildman–Crippen LogP) is 2.71. The maximum atomic E-state index is 11.8. The molecule has 114 valence electrons. The van der Waals surface area contributed by atoms with E-state index in [9.17, 15) is 4.79 Å². The van der Waals surface area contributed by atoms with Crippen molar-refractivity contribution in [3.8, 4) is 0 Å². The fourth-order valence-electron chi connectivity index (χ4n) is 2.64. The molecule has 0 atom stereocenters. The number of aromatic amines is 1. The van der Waals surface area contributed by atoms with Crippen LogP contribution in [0.5, 0.6) is 0 Å². The average Bonchev–Trinajstić information content (AvgIpc) is 2.99. The highest BCUT2D eigenvalue weighted by Gasteiger charge is 2.09. The molecule has 0 aliphatic heterocycles. The Morgan fingerprint density at radius 3 is 2.82 bits per heavy atom. The summed E-state index contributed by atoms with van der Waals surface area (Å²) in [7, 11) is 2.02. The van der Waals surface area contributed by atoms with Crippen LogP contribution in [-0.2, 0) is 19.5 Å². The molecule has 3 rings (SSSR count). The highest BCUT2D eigenvalue weighted by molar-refractivity contribution is 5.80. The zero-order valence-corrected chi connectivity index (χ0v) is 12.8. The number of aryl methyl sites for hydroxylation is 1. The Bertz CT molecular complexity index is 822. The first kappa shape index (κ1) is 14.5. The van der Waals surface area contributed by atoms with Crippen molar-refractivity contribution in [2.24, 2.45) is 0 Å². The molecule has 0 spiro atoms. The maximum absolute atomic E-state index is 11.8. The molecule has 22 heavy (non-hydrogen) atoms. The summed E-state index contributed by atoms with van der Waals surface area (Å²) >= 11 is 0. The van der Waals surface area contributed by atoms with Crippen LogP contribution < -0.4 is 5.63 Å². The van der Waals surface area contributed by atoms with Gasteiger partial charge in [-0.15, -0.1) is 0 Å². The fourth-order valence-corrected chi connectivity index (χ4v) is 2.64. The Labute approximate surface area is 128 Å². The van der Waals surface area contributed by atoms with Crippen LogP contribution in [0.15, 0.2) is 45.7 Å². The average molecular weight is 297 g/mol. The largest absolute Gasteiger partial charge is 0.423 e. The lowest BCUT2D eigenvalue weighted by Crippen LogP contribution is -2.18. The van der Waals surface area contributed by atoms with Crippen molar-refractivity contribution in [1.82, 2.24) is 15.1 Å². The van der Waals surface area contributed by atoms with E-state index < -0.39 is 0 Å². The fraction of sp³-hybridized carbons (Fsp3) is 0.294. The molecule has 3 aromatic rings. The van der Waals surface area contributed by atoms with Gasteiger partial charge in [-0.3, -0.25) is 10.00 Å². The zero-order chi connectivity index (χ0) is 15.5. The normalized spacial score (nSPS) is 11.4. The molecule has 0 aliphatic carbocycles. The summed E-state index contributed by atoms with van der Waals surface area (Å²) in [6, 6.07) is 9.53. The SMILES string of the molecule is CCc1ccc2oc(=O)cc(CN(C)Cc3ccn[nH]3)c2c1. The van der Waals surface area contributed by atoms with Crippen molar-refractivity contribution < 1.29 is 4.42 Å². The summed E-state index contributed by atoms with van der Waals surface area (Å²) in [5.74, 6) is 0. The zero-order valence-electron chi connectivity index (χ0n) is 12.8. The lowest BCUT2D eigenvalue weighted by atomic mass is 10.1. The molecule has 1 N–H and O–H groups in total. The van der Waals surface area contributed by atoms with Crippen LogP contribution in [-0.4, -0.2) is 22.1 Å². The smallest absolute Gasteiger partial charge is 0.336 e. The van der Waals surface area contributed by atoms with Crippen molar-refractivity contribution in [2.45, 2.75) is 26.4 Å². The van der Waals surface area contributed by atoms with Crippen LogP contribution in [0.4, 0.5) is 0 Å². The summed E-state index contributed by atoms with van der Waals surface area (Å²) in [5.41, 5.74) is 3.61. The van der Waals surface area contributed by atoms with E-state index in [1.54, 1.807) is 12.3 Å². The van der Waals surface area contributed by atoms with Crippen molar-refractivity contribution in [3.05, 3.63) is 63.8 Å². The van der Waals surface area contributed by atoms with Crippen molar-refractivity contribution in [2.75, 3.05) is 7.05 Å². The quantitative estimate of drug-likeness (QED) is 0.736. The first-order valence-corrected chi connectivity index (χ1v) is 7.38. The standard InChI is InChI=1S/C17H19N3O2/c1-3-12-4-5-16-15(8-12)13(9-17(21)22-16)10-20(2)11-14-6-7-18-19-14/h4-9H,3,10-11H2,1-2H3,(H,18,19). The van der Waals surface area contributed by atoms with Gasteiger partial charge in [-0.05, 0) is 42.8 Å². The molecule has 1 aromatic carbocycles. The number of hydrogen-bond donors (Lipinski definition) is 1. The molecule has 2 aromatic heterocycles. The van der Waals surface area contributed by atoms with Crippen molar-refractivity contribution in [1.29, 1.82) is 0 Å². The molecule has 0 aliphatic rings. The van der Waals surface area contributed by atoms with Crippen LogP contribution in [0.2, 0.25) is 0 Å². The van der Waals surface area contributed by atoms with E-state index in [0.29, 0.717) is 12.1 Å². The van der Waals surface area contributed by atoms with Crippen molar-refractivity contribution in [3.63, 3.8) is 0 Å². The van der Waals surface area contributed by atoms with Gasteiger partial charge in [0.25, 0.3) is 0 Å². The van der Waals surface area contributed by atoms with Gasteiger partial charge in [0, 0.05) is 36.4 Å². The second-order valence-corrected chi connectivity index (χ2v) is 5.53. The molecule has 0 saturated carbocycles. The van der Waals surface area contributed by atoms with Gasteiger partial charge in [-0.2, -0.15) is 5.10 Å². The highest BCUT2D eigenvalue weighted by Crippen LogP contribution is 2.20. The lowest BCUT2D eigenvalue weighted by molar-refractivity contribution is 0.315. The van der Waals surface area contributed by atoms with E-state index in [0.717, 1.165) is 29.6 Å². The topological polar surface area (TPSA) is 62.1 Å². The van der Waals surface area contributed by atoms with E-state index in [-0.39, 0.29) is 5.63 Å². The molecule has 5 heteroatoms. The van der Waals surface area contributed by atoms with Crippen LogP contribution in [0.3, 0.4) is 0 Å². The van der Waals surface area contributed by atoms with Gasteiger partial charge in [-0.1, -0.05) is 13.0 Å². The second-order valence-electron chi connectivity index (χ2n) is 5.53. The summed E-state index contributed by atoms with van der Waals surface area (Å²) in [5, 5.41) is 7.91. The van der Waals surface area contributed by atoms with Gasteiger partial charge in [-0.25, -0.2) is 4.79 Å². The number of fused-ring (bicyclic) bond motifs is 1. The number of aromatic nitrogens is 2. The van der Waals surface area contributed by atoms with Crippen LogP contribution in [0.25, 0.3) is 11.0 Å². The van der Waals surface area contributed by atoms with Gasteiger partial charge in [0.2, 0.25) is 0 Å². The molecule has 5 nitrogen and oxygen atoms in total. The molecule has 0 saturated heterocycles. The Balaban J connectivity index is 1.93. The van der Waals surface area contributed by atoms with Gasteiger partial charge >= 0.3 is 5.63 Å². The minimum absolute atomic E-state index is 0.304. The number of nitrogens with one attached hydrogen (secondary N) is 1. The van der Waals surface area contributed by atoms with Gasteiger partial charge in [0.15, 0.2) is 0 Å². The number of nitrogens with zero attached hydrogens (tertiary/aromatic N) is 2. The molecule has 0 radical (unpaired) electrons. The van der Waals surface area contributed by atoms with Crippen LogP contribution in [0.1, 0.15) is 23.7 Å². The molecule has 0 unspecified atom stereocenters. The number of H-pyrrole nitrogens is 1. The minimum Gasteiger partial charge on any atom is -0.423 e. The predicted molar refractivity (Wildman–Crippen MR) is 85.6 cm³/mol. The molecule has 0 amide bonds. The summed E-state index contributed by atoms with van der Waals surface area (Å²) < 4.78 is 5.30. The van der Waals surface area contributed by atoms with Gasteiger partial charge < -0.3 is 4.42 Å². The van der Waals surface area contributed by atoms with Gasteiger partial charge in [0.05, 0.1) is 0 Å². The Morgan fingerprint density at radius 2 is 2.09 bits per heavy atom. The molecule has 0 bridgehead atoms. The number of hydrogen-bond acceptors (Lipinski definition) is 4. The van der Waals surface area contributed by atoms with E-state index in [1.807, 2.05) is 25.2 Å². The molecule has 2 heterocycles. The molecule has 0 fully saturated rings. The Morgan fingerprint density at radius 1 is 1.23 bits per heavy atom. The highest BCUT2D eigenvalue weighted by atomic mass is 16.4. The monoisotopic (exact) mass is 297 g/mol. The third-order valence-electron chi connectivity index (χ3n) is 3.74. The van der Waals surface area contributed by atoms with E-state index in [1.165, 1.54) is 5.56 Å². The van der Waals surface area contributed by atoms with Crippen molar-refractivity contribution >= 4 is 11.0 Å². The minimum atomic E-state index is -0.304. The first-order chi connectivity index (χ1) is 10.7. The number of rotatable bonds is 5. The molecular formula is C17H19N3O2. The molecular weight excluding hydrogens is 278 g/mol. The maximum Gasteiger partial charge on any atom is 0.336 e. The summed E-state index contributed by atoms with van der Waals surface area (Å²) in [4.78, 5) is 13.9. The van der Waals surface area contributed by atoms with Gasteiger partial charge in [0.1, 0.15) is 5.58 Å². The number of benzene rings is 1. The first-order valence-electron chi connectivity index (χ1n) is 7.38. The Kier molecular flexibility index (Phi) is 4.06. The second kappa shape index (κ2) is 6.15.